The topological polar surface area (TPSA) is 23.8 Å². The van der Waals surface area contributed by atoms with Crippen LogP contribution >= 0.6 is 12.6 Å². The number of aryl methyl sites for hydroxylation is 1. The Bertz CT molecular complexity index is 328. The highest BCUT2D eigenvalue weighted by Crippen LogP contribution is 2.18. The molecule has 11 heavy (non-hydrogen) atoms. The van der Waals surface area contributed by atoms with Gasteiger partial charge >= 0.3 is 0 Å². The molecule has 0 spiro atoms. The van der Waals surface area contributed by atoms with Crippen molar-refractivity contribution >= 4 is 12.6 Å². The van der Waals surface area contributed by atoms with Gasteiger partial charge in [0, 0.05) is 4.90 Å². The van der Waals surface area contributed by atoms with Crippen molar-refractivity contribution in [2.45, 2.75) is 11.8 Å². The highest BCUT2D eigenvalue weighted by Gasteiger charge is 2.06. The van der Waals surface area contributed by atoms with Gasteiger partial charge in [-0.3, -0.25) is 0 Å². The van der Waals surface area contributed by atoms with E-state index in [1.807, 2.05) is 0 Å². The van der Waals surface area contributed by atoms with Crippen molar-refractivity contribution in [3.8, 4) is 6.07 Å². The zero-order chi connectivity index (χ0) is 8.43. The molecule has 0 aliphatic heterocycles. The Labute approximate surface area is 69.9 Å². The van der Waals surface area contributed by atoms with E-state index >= 15 is 0 Å². The van der Waals surface area contributed by atoms with Gasteiger partial charge in [-0.25, -0.2) is 4.39 Å². The monoisotopic (exact) mass is 167 g/mol. The van der Waals surface area contributed by atoms with E-state index in [-0.39, 0.29) is 5.56 Å². The number of hydrogen-bond donors (Lipinski definition) is 1. The number of thiol groups is 1. The molecule has 0 radical (unpaired) electrons. The predicted molar refractivity (Wildman–Crippen MR) is 43.1 cm³/mol. The van der Waals surface area contributed by atoms with Crippen LogP contribution in [0, 0.1) is 24.1 Å². The van der Waals surface area contributed by atoms with E-state index in [1.54, 1.807) is 25.1 Å². The van der Waals surface area contributed by atoms with Crippen molar-refractivity contribution < 1.29 is 4.39 Å². The van der Waals surface area contributed by atoms with Gasteiger partial charge < -0.3 is 0 Å². The fourth-order valence-electron chi connectivity index (χ4n) is 0.776. The van der Waals surface area contributed by atoms with E-state index in [4.69, 9.17) is 5.26 Å². The number of benzene rings is 1. The lowest BCUT2D eigenvalue weighted by atomic mass is 10.1. The first-order valence-electron chi connectivity index (χ1n) is 3.05. The number of hydrogen-bond acceptors (Lipinski definition) is 2. The molecule has 0 aromatic heterocycles. The predicted octanol–water partition coefficient (Wildman–Crippen LogP) is 2.29. The molecule has 0 unspecified atom stereocenters. The molecule has 0 N–H and O–H groups in total. The molecule has 0 aliphatic rings. The lowest BCUT2D eigenvalue weighted by molar-refractivity contribution is 0.610. The van der Waals surface area contributed by atoms with Gasteiger partial charge in [0.15, 0.2) is 0 Å². The summed E-state index contributed by atoms with van der Waals surface area (Å²) in [6.07, 6.45) is 0. The van der Waals surface area contributed by atoms with Crippen LogP contribution in [-0.4, -0.2) is 0 Å². The highest BCUT2D eigenvalue weighted by molar-refractivity contribution is 7.80. The summed E-state index contributed by atoms with van der Waals surface area (Å²) in [6, 6.07) is 4.96. The Kier molecular flexibility index (Phi) is 2.16. The van der Waals surface area contributed by atoms with Crippen molar-refractivity contribution in [3.05, 3.63) is 29.1 Å². The molecule has 0 saturated heterocycles. The van der Waals surface area contributed by atoms with E-state index < -0.39 is 5.82 Å². The van der Waals surface area contributed by atoms with Crippen LogP contribution in [-0.2, 0) is 0 Å². The fourth-order valence-corrected chi connectivity index (χ4v) is 0.999. The lowest BCUT2D eigenvalue weighted by Crippen LogP contribution is -1.89. The minimum Gasteiger partial charge on any atom is -0.205 e. The van der Waals surface area contributed by atoms with Crippen LogP contribution in [0.1, 0.15) is 11.1 Å². The zero-order valence-electron chi connectivity index (χ0n) is 5.93. The normalized spacial score (nSPS) is 9.27. The molecule has 0 atom stereocenters. The van der Waals surface area contributed by atoms with Crippen LogP contribution in [0.15, 0.2) is 17.0 Å². The standard InChI is InChI=1S/C8H6FNS/c1-5-2-3-7(11)6(4-10)8(5)9/h2-3,11H,1H3. The van der Waals surface area contributed by atoms with Crippen LogP contribution in [0.25, 0.3) is 0 Å². The number of nitrogens with zero attached hydrogens (tertiary/aromatic N) is 1. The van der Waals surface area contributed by atoms with Crippen LogP contribution in [0.2, 0.25) is 0 Å². The molecular weight excluding hydrogens is 161 g/mol. The van der Waals surface area contributed by atoms with Crippen molar-refractivity contribution in [2.75, 3.05) is 0 Å². The Morgan fingerprint density at radius 2 is 2.18 bits per heavy atom. The molecule has 1 nitrogen and oxygen atoms in total. The maximum Gasteiger partial charge on any atom is 0.144 e. The summed E-state index contributed by atoms with van der Waals surface area (Å²) in [6.45, 7) is 1.61. The fraction of sp³-hybridized carbons (Fsp3) is 0.125. The van der Waals surface area contributed by atoms with Crippen LogP contribution < -0.4 is 0 Å². The molecule has 1 aromatic rings. The molecule has 0 fully saturated rings. The number of nitriles is 1. The molecule has 1 aromatic carbocycles. The van der Waals surface area contributed by atoms with E-state index in [1.165, 1.54) is 0 Å². The van der Waals surface area contributed by atoms with E-state index in [9.17, 15) is 4.39 Å². The van der Waals surface area contributed by atoms with E-state index in [0.29, 0.717) is 10.5 Å². The molecule has 56 valence electrons. The minimum absolute atomic E-state index is 0.0216. The highest BCUT2D eigenvalue weighted by atomic mass is 32.1. The third-order valence-corrected chi connectivity index (χ3v) is 1.80. The quantitative estimate of drug-likeness (QED) is 0.589. The van der Waals surface area contributed by atoms with E-state index in [0.717, 1.165) is 0 Å². The van der Waals surface area contributed by atoms with Crippen LogP contribution in [0.4, 0.5) is 4.39 Å². The van der Waals surface area contributed by atoms with Gasteiger partial charge in [-0.15, -0.1) is 12.6 Å². The van der Waals surface area contributed by atoms with Gasteiger partial charge in [-0.2, -0.15) is 5.26 Å². The van der Waals surface area contributed by atoms with Crippen molar-refractivity contribution in [1.29, 1.82) is 5.26 Å². The molecule has 0 bridgehead atoms. The van der Waals surface area contributed by atoms with E-state index in [2.05, 4.69) is 12.6 Å². The maximum absolute atomic E-state index is 13.0. The third kappa shape index (κ3) is 1.36. The summed E-state index contributed by atoms with van der Waals surface area (Å²) < 4.78 is 13.0. The Morgan fingerprint density at radius 1 is 1.55 bits per heavy atom. The average Bonchev–Trinajstić information content (AvgIpc) is 1.99. The van der Waals surface area contributed by atoms with Crippen LogP contribution in [0.3, 0.4) is 0 Å². The summed E-state index contributed by atoms with van der Waals surface area (Å²) in [4.78, 5) is 0.385. The largest absolute Gasteiger partial charge is 0.205 e. The summed E-state index contributed by atoms with van der Waals surface area (Å²) >= 11 is 3.93. The second kappa shape index (κ2) is 2.93. The first-order chi connectivity index (χ1) is 5.16. The Hall–Kier alpha value is -1.01. The summed E-state index contributed by atoms with van der Waals surface area (Å²) in [7, 11) is 0. The lowest BCUT2D eigenvalue weighted by Gasteiger charge is -1.99. The molecule has 0 aliphatic carbocycles. The number of rotatable bonds is 0. The minimum atomic E-state index is -0.472. The third-order valence-electron chi connectivity index (χ3n) is 1.42. The summed E-state index contributed by atoms with van der Waals surface area (Å²) in [5.41, 5.74) is 0.493. The molecular formula is C8H6FNS. The molecule has 0 amide bonds. The number of halogens is 1. The SMILES string of the molecule is Cc1ccc(S)c(C#N)c1F. The summed E-state index contributed by atoms with van der Waals surface area (Å²) in [5, 5.41) is 8.48. The first kappa shape index (κ1) is 8.09. The van der Waals surface area contributed by atoms with Crippen molar-refractivity contribution in [1.82, 2.24) is 0 Å². The van der Waals surface area contributed by atoms with Crippen molar-refractivity contribution in [3.63, 3.8) is 0 Å². The molecule has 3 heteroatoms. The second-order valence-electron chi connectivity index (χ2n) is 2.20. The van der Waals surface area contributed by atoms with Gasteiger partial charge in [0.25, 0.3) is 0 Å². The average molecular weight is 167 g/mol. The maximum atomic E-state index is 13.0. The van der Waals surface area contributed by atoms with Gasteiger partial charge in [0.1, 0.15) is 17.4 Å². The van der Waals surface area contributed by atoms with Crippen molar-refractivity contribution in [2.24, 2.45) is 0 Å². The van der Waals surface area contributed by atoms with Gasteiger partial charge in [-0.1, -0.05) is 6.07 Å². The van der Waals surface area contributed by atoms with Gasteiger partial charge in [0.05, 0.1) is 0 Å². The first-order valence-corrected chi connectivity index (χ1v) is 3.49. The summed E-state index contributed by atoms with van der Waals surface area (Å²) in [5.74, 6) is -0.472. The molecule has 1 rings (SSSR count). The molecule has 0 saturated carbocycles. The van der Waals surface area contributed by atoms with Gasteiger partial charge in [0.2, 0.25) is 0 Å². The Morgan fingerprint density at radius 3 is 2.64 bits per heavy atom. The zero-order valence-corrected chi connectivity index (χ0v) is 6.82. The second-order valence-corrected chi connectivity index (χ2v) is 2.68. The van der Waals surface area contributed by atoms with Gasteiger partial charge in [-0.05, 0) is 18.6 Å². The van der Waals surface area contributed by atoms with Crippen LogP contribution in [0.5, 0.6) is 0 Å². The molecule has 0 heterocycles. The smallest absolute Gasteiger partial charge is 0.144 e. The Balaban J connectivity index is 3.44.